The lowest BCUT2D eigenvalue weighted by atomic mass is 9.97. The standard InChI is InChI=1S/C15H17N3O4S/c1-7-10-12(18-5-3-9(4-6-18)14(19)20)16-8(2)17-13(10)23-11(7)15(21)22/h9H,3-6H2,1-2H3,(H,19,20)(H,21,22). The van der Waals surface area contributed by atoms with Crippen molar-refractivity contribution in [1.82, 2.24) is 9.97 Å². The number of nitrogens with zero attached hydrogens (tertiary/aromatic N) is 3. The number of hydrogen-bond donors (Lipinski definition) is 2. The van der Waals surface area contributed by atoms with E-state index in [4.69, 9.17) is 5.11 Å². The Morgan fingerprint density at radius 2 is 1.83 bits per heavy atom. The van der Waals surface area contributed by atoms with Crippen molar-refractivity contribution in [2.24, 2.45) is 5.92 Å². The van der Waals surface area contributed by atoms with Crippen molar-refractivity contribution in [1.29, 1.82) is 0 Å². The minimum atomic E-state index is -0.960. The summed E-state index contributed by atoms with van der Waals surface area (Å²) in [6.07, 6.45) is 1.13. The molecule has 0 radical (unpaired) electrons. The van der Waals surface area contributed by atoms with E-state index in [2.05, 4.69) is 9.97 Å². The van der Waals surface area contributed by atoms with Gasteiger partial charge in [-0.2, -0.15) is 0 Å². The molecule has 3 heterocycles. The summed E-state index contributed by atoms with van der Waals surface area (Å²) in [6.45, 7) is 4.75. The molecule has 0 spiro atoms. The topological polar surface area (TPSA) is 104 Å². The molecule has 7 nitrogen and oxygen atoms in total. The van der Waals surface area contributed by atoms with Crippen LogP contribution in [-0.4, -0.2) is 45.2 Å². The van der Waals surface area contributed by atoms with Gasteiger partial charge in [0, 0.05) is 13.1 Å². The van der Waals surface area contributed by atoms with E-state index in [0.717, 1.165) is 22.5 Å². The Bertz CT molecular complexity index is 794. The molecule has 2 aromatic rings. The molecule has 2 aromatic heterocycles. The van der Waals surface area contributed by atoms with E-state index in [1.165, 1.54) is 0 Å². The zero-order valence-corrected chi connectivity index (χ0v) is 13.7. The van der Waals surface area contributed by atoms with Crippen LogP contribution in [0.5, 0.6) is 0 Å². The molecule has 0 bridgehead atoms. The molecule has 0 unspecified atom stereocenters. The molecule has 2 N–H and O–H groups in total. The quantitative estimate of drug-likeness (QED) is 0.887. The molecule has 1 fully saturated rings. The van der Waals surface area contributed by atoms with Gasteiger partial charge in [0.15, 0.2) is 0 Å². The summed E-state index contributed by atoms with van der Waals surface area (Å²) in [5.74, 6) is -0.723. The monoisotopic (exact) mass is 335 g/mol. The number of aryl methyl sites for hydroxylation is 2. The van der Waals surface area contributed by atoms with Crippen LogP contribution < -0.4 is 4.90 Å². The zero-order chi connectivity index (χ0) is 16.7. The molecule has 122 valence electrons. The average Bonchev–Trinajstić information content (AvgIpc) is 2.83. The van der Waals surface area contributed by atoms with Crippen LogP contribution in [0, 0.1) is 19.8 Å². The number of rotatable bonds is 3. The largest absolute Gasteiger partial charge is 0.481 e. The molecule has 8 heteroatoms. The van der Waals surface area contributed by atoms with Crippen LogP contribution in [0.15, 0.2) is 0 Å². The molecule has 0 amide bonds. The third kappa shape index (κ3) is 2.74. The van der Waals surface area contributed by atoms with Gasteiger partial charge in [-0.3, -0.25) is 4.79 Å². The highest BCUT2D eigenvalue weighted by molar-refractivity contribution is 7.20. The zero-order valence-electron chi connectivity index (χ0n) is 12.9. The van der Waals surface area contributed by atoms with Crippen LogP contribution in [0.3, 0.4) is 0 Å². The number of carbonyl (C=O) groups is 2. The highest BCUT2D eigenvalue weighted by atomic mass is 32.1. The van der Waals surface area contributed by atoms with Crippen molar-refractivity contribution in [3.8, 4) is 0 Å². The number of thiophene rings is 1. The van der Waals surface area contributed by atoms with Gasteiger partial charge in [-0.05, 0) is 32.3 Å². The molecule has 1 saturated heterocycles. The van der Waals surface area contributed by atoms with E-state index in [9.17, 15) is 14.7 Å². The fourth-order valence-corrected chi connectivity index (χ4v) is 4.05. The predicted molar refractivity (Wildman–Crippen MR) is 86.4 cm³/mol. The molecular weight excluding hydrogens is 318 g/mol. The Labute approximate surface area is 136 Å². The van der Waals surface area contributed by atoms with Crippen molar-refractivity contribution >= 4 is 39.3 Å². The van der Waals surface area contributed by atoms with Crippen molar-refractivity contribution < 1.29 is 19.8 Å². The second-order valence-corrected chi connectivity index (χ2v) is 6.73. The van der Waals surface area contributed by atoms with Crippen LogP contribution in [0.4, 0.5) is 5.82 Å². The maximum absolute atomic E-state index is 11.4. The lowest BCUT2D eigenvalue weighted by Crippen LogP contribution is -2.37. The van der Waals surface area contributed by atoms with E-state index in [-0.39, 0.29) is 10.8 Å². The number of carboxylic acid groups (broad SMARTS) is 2. The lowest BCUT2D eigenvalue weighted by Gasteiger charge is -2.31. The molecule has 1 aliphatic rings. The Balaban J connectivity index is 2.04. The first-order valence-electron chi connectivity index (χ1n) is 7.37. The van der Waals surface area contributed by atoms with Crippen LogP contribution >= 0.6 is 11.3 Å². The molecule has 0 saturated carbocycles. The van der Waals surface area contributed by atoms with Crippen LogP contribution in [-0.2, 0) is 4.79 Å². The fraction of sp³-hybridized carbons (Fsp3) is 0.467. The van der Waals surface area contributed by atoms with Crippen molar-refractivity contribution in [3.05, 3.63) is 16.3 Å². The Kier molecular flexibility index (Phi) is 3.93. The maximum Gasteiger partial charge on any atom is 0.346 e. The van der Waals surface area contributed by atoms with Gasteiger partial charge in [0.1, 0.15) is 21.3 Å². The Morgan fingerprint density at radius 3 is 2.39 bits per heavy atom. The molecule has 23 heavy (non-hydrogen) atoms. The highest BCUT2D eigenvalue weighted by Gasteiger charge is 2.28. The predicted octanol–water partition coefficient (Wildman–Crippen LogP) is 2.31. The first-order valence-corrected chi connectivity index (χ1v) is 8.19. The number of anilines is 1. The molecular formula is C15H17N3O4S. The van der Waals surface area contributed by atoms with Gasteiger partial charge in [-0.25, -0.2) is 14.8 Å². The Hall–Kier alpha value is -2.22. The summed E-state index contributed by atoms with van der Waals surface area (Å²) >= 11 is 1.16. The van der Waals surface area contributed by atoms with Gasteiger partial charge < -0.3 is 15.1 Å². The summed E-state index contributed by atoms with van der Waals surface area (Å²) in [4.78, 5) is 34.3. The highest BCUT2D eigenvalue weighted by Crippen LogP contribution is 2.36. The number of carboxylic acids is 2. The van der Waals surface area contributed by atoms with Gasteiger partial charge in [0.05, 0.1) is 11.3 Å². The smallest absolute Gasteiger partial charge is 0.346 e. The van der Waals surface area contributed by atoms with E-state index in [1.807, 2.05) is 4.90 Å². The molecule has 0 aliphatic carbocycles. The number of aromatic carboxylic acids is 1. The normalized spacial score (nSPS) is 16.0. The second kappa shape index (κ2) is 5.77. The second-order valence-electron chi connectivity index (χ2n) is 5.74. The van der Waals surface area contributed by atoms with E-state index >= 15 is 0 Å². The maximum atomic E-state index is 11.4. The number of piperidine rings is 1. The molecule has 3 rings (SSSR count). The average molecular weight is 335 g/mol. The number of hydrogen-bond acceptors (Lipinski definition) is 6. The van der Waals surface area contributed by atoms with Gasteiger partial charge in [-0.15, -0.1) is 11.3 Å². The first kappa shape index (κ1) is 15.7. The molecule has 1 aliphatic heterocycles. The van der Waals surface area contributed by atoms with Gasteiger partial charge in [0.25, 0.3) is 0 Å². The lowest BCUT2D eigenvalue weighted by molar-refractivity contribution is -0.142. The summed E-state index contributed by atoms with van der Waals surface area (Å²) in [5.41, 5.74) is 0.674. The summed E-state index contributed by atoms with van der Waals surface area (Å²) < 4.78 is 0. The van der Waals surface area contributed by atoms with Gasteiger partial charge in [0.2, 0.25) is 0 Å². The van der Waals surface area contributed by atoms with Crippen molar-refractivity contribution in [2.45, 2.75) is 26.7 Å². The van der Waals surface area contributed by atoms with Crippen LogP contribution in [0.1, 0.15) is 33.9 Å². The summed E-state index contributed by atoms with van der Waals surface area (Å²) in [6, 6.07) is 0. The third-order valence-electron chi connectivity index (χ3n) is 4.22. The Morgan fingerprint density at radius 1 is 1.17 bits per heavy atom. The molecule has 0 aromatic carbocycles. The number of aliphatic carboxylic acids is 1. The van der Waals surface area contributed by atoms with E-state index in [1.54, 1.807) is 13.8 Å². The van der Waals surface area contributed by atoms with E-state index < -0.39 is 11.9 Å². The van der Waals surface area contributed by atoms with Crippen molar-refractivity contribution in [3.63, 3.8) is 0 Å². The SMILES string of the molecule is Cc1nc(N2CCC(C(=O)O)CC2)c2c(C)c(C(=O)O)sc2n1. The minimum absolute atomic E-state index is 0.279. The fourth-order valence-electron chi connectivity index (χ4n) is 2.99. The van der Waals surface area contributed by atoms with Crippen molar-refractivity contribution in [2.75, 3.05) is 18.0 Å². The summed E-state index contributed by atoms with van der Waals surface area (Å²) in [5, 5.41) is 19.2. The van der Waals surface area contributed by atoms with Gasteiger partial charge >= 0.3 is 11.9 Å². The minimum Gasteiger partial charge on any atom is -0.481 e. The summed E-state index contributed by atoms with van der Waals surface area (Å²) in [7, 11) is 0. The number of fused-ring (bicyclic) bond motifs is 1. The van der Waals surface area contributed by atoms with Crippen LogP contribution in [0.2, 0.25) is 0 Å². The first-order chi connectivity index (χ1) is 10.9. The molecule has 0 atom stereocenters. The van der Waals surface area contributed by atoms with Crippen LogP contribution in [0.25, 0.3) is 10.2 Å². The number of aromatic nitrogens is 2. The van der Waals surface area contributed by atoms with E-state index in [0.29, 0.717) is 42.1 Å². The third-order valence-corrected chi connectivity index (χ3v) is 5.39. The van der Waals surface area contributed by atoms with Gasteiger partial charge in [-0.1, -0.05) is 0 Å².